The monoisotopic (exact) mass is 296 g/mol. The summed E-state index contributed by atoms with van der Waals surface area (Å²) in [6.07, 6.45) is 4.16. The Morgan fingerprint density at radius 2 is 1.86 bits per heavy atom. The van der Waals surface area contributed by atoms with Gasteiger partial charge >= 0.3 is 5.97 Å². The van der Waals surface area contributed by atoms with Crippen LogP contribution in [0.5, 0.6) is 0 Å². The molecule has 0 radical (unpaired) electrons. The van der Waals surface area contributed by atoms with E-state index >= 15 is 0 Å². The van der Waals surface area contributed by atoms with Crippen LogP contribution in [0.4, 0.5) is 0 Å². The summed E-state index contributed by atoms with van der Waals surface area (Å²) < 4.78 is 0. The number of carboxylic acid groups (broad SMARTS) is 1. The van der Waals surface area contributed by atoms with Crippen LogP contribution in [0.1, 0.15) is 52.9 Å². The van der Waals surface area contributed by atoms with E-state index < -0.39 is 5.97 Å². The quantitative estimate of drug-likeness (QED) is 0.740. The molecule has 5 atom stereocenters. The Morgan fingerprint density at radius 3 is 2.38 bits per heavy atom. The molecule has 120 valence electrons. The molecule has 0 saturated heterocycles. The number of nitrogens with two attached hydrogens (primary N) is 1. The first kappa shape index (κ1) is 16.3. The van der Waals surface area contributed by atoms with Gasteiger partial charge in [-0.05, 0) is 37.0 Å². The highest BCUT2D eigenvalue weighted by Crippen LogP contribution is 2.45. The molecule has 0 heterocycles. The van der Waals surface area contributed by atoms with Crippen LogP contribution in [0, 0.1) is 23.2 Å². The molecule has 5 heteroatoms. The van der Waals surface area contributed by atoms with Gasteiger partial charge in [-0.25, -0.2) is 0 Å². The SMILES string of the molecule is CC1C(NC(=O)C2CCCC2N)CCC(C(=O)O)C1(C)C. The van der Waals surface area contributed by atoms with Gasteiger partial charge in [-0.1, -0.05) is 27.2 Å². The van der Waals surface area contributed by atoms with E-state index in [-0.39, 0.29) is 41.2 Å². The van der Waals surface area contributed by atoms with E-state index in [4.69, 9.17) is 5.73 Å². The summed E-state index contributed by atoms with van der Waals surface area (Å²) in [5.41, 5.74) is 5.68. The molecule has 2 aliphatic carbocycles. The molecule has 21 heavy (non-hydrogen) atoms. The van der Waals surface area contributed by atoms with Gasteiger partial charge in [-0.2, -0.15) is 0 Å². The normalized spacial score (nSPS) is 39.0. The average Bonchev–Trinajstić information content (AvgIpc) is 2.81. The van der Waals surface area contributed by atoms with E-state index in [0.29, 0.717) is 6.42 Å². The Balaban J connectivity index is 2.02. The Hall–Kier alpha value is -1.10. The van der Waals surface area contributed by atoms with Crippen LogP contribution < -0.4 is 11.1 Å². The van der Waals surface area contributed by atoms with Crippen molar-refractivity contribution >= 4 is 11.9 Å². The zero-order valence-corrected chi connectivity index (χ0v) is 13.3. The van der Waals surface area contributed by atoms with Gasteiger partial charge in [0.2, 0.25) is 5.91 Å². The summed E-state index contributed by atoms with van der Waals surface area (Å²) in [5, 5.41) is 12.5. The van der Waals surface area contributed by atoms with E-state index in [9.17, 15) is 14.7 Å². The van der Waals surface area contributed by atoms with Crippen LogP contribution in [0.25, 0.3) is 0 Å². The number of hydrogen-bond acceptors (Lipinski definition) is 3. The second-order valence-electron chi connectivity index (χ2n) is 7.39. The maximum Gasteiger partial charge on any atom is 0.307 e. The van der Waals surface area contributed by atoms with Gasteiger partial charge in [0.15, 0.2) is 0 Å². The third-order valence-electron chi connectivity index (χ3n) is 5.97. The molecule has 0 aliphatic heterocycles. The summed E-state index contributed by atoms with van der Waals surface area (Å²) >= 11 is 0. The van der Waals surface area contributed by atoms with E-state index in [0.717, 1.165) is 25.7 Å². The fraction of sp³-hybridized carbons (Fsp3) is 0.875. The fourth-order valence-corrected chi connectivity index (χ4v) is 4.05. The minimum atomic E-state index is -0.727. The number of amides is 1. The fourth-order valence-electron chi connectivity index (χ4n) is 4.05. The lowest BCUT2D eigenvalue weighted by atomic mass is 9.61. The second-order valence-corrected chi connectivity index (χ2v) is 7.39. The molecule has 4 N–H and O–H groups in total. The summed E-state index contributed by atoms with van der Waals surface area (Å²) in [6, 6.07) is 0.0274. The molecular weight excluding hydrogens is 268 g/mol. The molecule has 2 fully saturated rings. The van der Waals surface area contributed by atoms with Crippen LogP contribution in [0.2, 0.25) is 0 Å². The standard InChI is InChI=1S/C16H28N2O3/c1-9-13(8-7-11(15(20)21)16(9,2)3)18-14(19)10-5-4-6-12(10)17/h9-13H,4-8,17H2,1-3H3,(H,18,19)(H,20,21). The minimum absolute atomic E-state index is 0.0244. The number of aliphatic carboxylic acids is 1. The highest BCUT2D eigenvalue weighted by atomic mass is 16.4. The predicted molar refractivity (Wildman–Crippen MR) is 80.6 cm³/mol. The van der Waals surface area contributed by atoms with Crippen molar-refractivity contribution in [2.75, 3.05) is 0 Å². The van der Waals surface area contributed by atoms with Crippen molar-refractivity contribution in [3.05, 3.63) is 0 Å². The molecule has 5 unspecified atom stereocenters. The van der Waals surface area contributed by atoms with Crippen molar-refractivity contribution in [1.82, 2.24) is 5.32 Å². The summed E-state index contributed by atoms with van der Waals surface area (Å²) in [7, 11) is 0. The number of carbonyl (C=O) groups excluding carboxylic acids is 1. The smallest absolute Gasteiger partial charge is 0.307 e. The van der Waals surface area contributed by atoms with Crippen LogP contribution >= 0.6 is 0 Å². The van der Waals surface area contributed by atoms with Crippen molar-refractivity contribution in [2.45, 2.75) is 65.0 Å². The first-order valence-electron chi connectivity index (χ1n) is 8.04. The molecule has 0 aromatic heterocycles. The first-order chi connectivity index (χ1) is 9.75. The number of nitrogens with one attached hydrogen (secondary N) is 1. The molecule has 0 aromatic rings. The van der Waals surface area contributed by atoms with Gasteiger partial charge in [0.25, 0.3) is 0 Å². The first-order valence-corrected chi connectivity index (χ1v) is 8.04. The summed E-state index contributed by atoms with van der Waals surface area (Å²) in [5.74, 6) is -0.948. The molecule has 1 amide bonds. The predicted octanol–water partition coefficient (Wildman–Crippen LogP) is 1.76. The Bertz CT molecular complexity index is 422. The van der Waals surface area contributed by atoms with Crippen LogP contribution in [0.15, 0.2) is 0 Å². The topological polar surface area (TPSA) is 92.4 Å². The Kier molecular flexibility index (Phi) is 4.61. The van der Waals surface area contributed by atoms with E-state index in [1.54, 1.807) is 0 Å². The Morgan fingerprint density at radius 1 is 1.19 bits per heavy atom. The third-order valence-corrected chi connectivity index (χ3v) is 5.97. The van der Waals surface area contributed by atoms with Gasteiger partial charge in [-0.15, -0.1) is 0 Å². The van der Waals surface area contributed by atoms with Crippen molar-refractivity contribution in [1.29, 1.82) is 0 Å². The maximum atomic E-state index is 12.4. The molecule has 0 spiro atoms. The molecule has 5 nitrogen and oxygen atoms in total. The molecule has 2 saturated carbocycles. The maximum absolute atomic E-state index is 12.4. The molecule has 0 bridgehead atoms. The highest BCUT2D eigenvalue weighted by Gasteiger charge is 2.47. The van der Waals surface area contributed by atoms with Crippen LogP contribution in [-0.2, 0) is 9.59 Å². The van der Waals surface area contributed by atoms with E-state index in [1.807, 2.05) is 13.8 Å². The zero-order valence-electron chi connectivity index (χ0n) is 13.3. The number of carbonyl (C=O) groups is 2. The highest BCUT2D eigenvalue weighted by molar-refractivity contribution is 5.80. The van der Waals surface area contributed by atoms with Crippen molar-refractivity contribution in [3.8, 4) is 0 Å². The van der Waals surface area contributed by atoms with Gasteiger partial charge < -0.3 is 16.2 Å². The number of hydrogen-bond donors (Lipinski definition) is 3. The number of carboxylic acids is 1. The zero-order chi connectivity index (χ0) is 15.8. The van der Waals surface area contributed by atoms with Crippen LogP contribution in [-0.4, -0.2) is 29.1 Å². The number of rotatable bonds is 3. The Labute approximate surface area is 126 Å². The molecular formula is C16H28N2O3. The van der Waals surface area contributed by atoms with E-state index in [2.05, 4.69) is 12.2 Å². The largest absolute Gasteiger partial charge is 0.481 e. The van der Waals surface area contributed by atoms with Crippen molar-refractivity contribution in [3.63, 3.8) is 0 Å². The third kappa shape index (κ3) is 3.07. The lowest BCUT2D eigenvalue weighted by Crippen LogP contribution is -2.54. The van der Waals surface area contributed by atoms with Crippen LogP contribution in [0.3, 0.4) is 0 Å². The van der Waals surface area contributed by atoms with Gasteiger partial charge in [0, 0.05) is 12.1 Å². The lowest BCUT2D eigenvalue weighted by Gasteiger charge is -2.46. The van der Waals surface area contributed by atoms with Crippen molar-refractivity contribution in [2.24, 2.45) is 28.9 Å². The summed E-state index contributed by atoms with van der Waals surface area (Å²) in [4.78, 5) is 23.8. The molecule has 2 rings (SSSR count). The van der Waals surface area contributed by atoms with Gasteiger partial charge in [0.1, 0.15) is 0 Å². The average molecular weight is 296 g/mol. The van der Waals surface area contributed by atoms with Gasteiger partial charge in [-0.3, -0.25) is 9.59 Å². The summed E-state index contributed by atoms with van der Waals surface area (Å²) in [6.45, 7) is 6.04. The van der Waals surface area contributed by atoms with Gasteiger partial charge in [0.05, 0.1) is 11.8 Å². The second kappa shape index (κ2) is 5.95. The lowest BCUT2D eigenvalue weighted by molar-refractivity contribution is -0.150. The molecule has 0 aromatic carbocycles. The molecule has 2 aliphatic rings. The van der Waals surface area contributed by atoms with E-state index in [1.165, 1.54) is 0 Å². The van der Waals surface area contributed by atoms with Crippen molar-refractivity contribution < 1.29 is 14.7 Å². The minimum Gasteiger partial charge on any atom is -0.481 e.